The summed E-state index contributed by atoms with van der Waals surface area (Å²) in [6, 6.07) is 6.71. The fourth-order valence-corrected chi connectivity index (χ4v) is 1.32. The van der Waals surface area contributed by atoms with Gasteiger partial charge < -0.3 is 10.2 Å². The van der Waals surface area contributed by atoms with Gasteiger partial charge in [0.1, 0.15) is 11.6 Å². The zero-order chi connectivity index (χ0) is 10.1. The lowest BCUT2D eigenvalue weighted by Crippen LogP contribution is -2.06. The molecule has 0 aliphatic heterocycles. The van der Waals surface area contributed by atoms with Crippen LogP contribution in [0.2, 0.25) is 0 Å². The first-order valence-electron chi connectivity index (χ1n) is 4.23. The van der Waals surface area contributed by atoms with Crippen LogP contribution < -0.4 is 5.73 Å². The summed E-state index contributed by atoms with van der Waals surface area (Å²) in [6.07, 6.45) is 0. The predicted molar refractivity (Wildman–Crippen MR) is 51.3 cm³/mol. The van der Waals surface area contributed by atoms with Crippen LogP contribution in [0.15, 0.2) is 22.6 Å². The van der Waals surface area contributed by atoms with Gasteiger partial charge in [0, 0.05) is 6.92 Å². The Morgan fingerprint density at radius 2 is 2.36 bits per heavy atom. The Kier molecular flexibility index (Phi) is 1.95. The molecule has 0 bridgehead atoms. The molecule has 4 heteroatoms. The van der Waals surface area contributed by atoms with Gasteiger partial charge in [-0.05, 0) is 17.7 Å². The molecule has 0 spiro atoms. The van der Waals surface area contributed by atoms with Gasteiger partial charge in [0.25, 0.3) is 0 Å². The minimum absolute atomic E-state index is 0.607. The van der Waals surface area contributed by atoms with Gasteiger partial charge in [-0.2, -0.15) is 5.26 Å². The average Bonchev–Trinajstić information content (AvgIpc) is 2.55. The van der Waals surface area contributed by atoms with Gasteiger partial charge in [-0.3, -0.25) is 0 Å². The van der Waals surface area contributed by atoms with Gasteiger partial charge in [0.05, 0.1) is 6.07 Å². The van der Waals surface area contributed by atoms with Crippen molar-refractivity contribution < 1.29 is 4.42 Å². The fraction of sp³-hybridized carbons (Fsp3) is 0.200. The molecule has 1 heterocycles. The number of rotatable bonds is 1. The number of hydrogen-bond donors (Lipinski definition) is 1. The molecule has 1 aromatic carbocycles. The van der Waals surface area contributed by atoms with Crippen LogP contribution in [0.5, 0.6) is 0 Å². The second-order valence-corrected chi connectivity index (χ2v) is 3.07. The highest BCUT2D eigenvalue weighted by atomic mass is 16.3. The minimum Gasteiger partial charge on any atom is -0.441 e. The number of oxazole rings is 1. The highest BCUT2D eigenvalue weighted by Crippen LogP contribution is 2.19. The van der Waals surface area contributed by atoms with Crippen molar-refractivity contribution in [2.24, 2.45) is 5.73 Å². The Bertz CT molecular complexity index is 510. The Morgan fingerprint density at radius 3 is 3.07 bits per heavy atom. The topological polar surface area (TPSA) is 75.8 Å². The van der Waals surface area contributed by atoms with E-state index in [-0.39, 0.29) is 0 Å². The molecule has 1 unspecified atom stereocenters. The van der Waals surface area contributed by atoms with Crippen molar-refractivity contribution in [3.05, 3.63) is 29.7 Å². The quantitative estimate of drug-likeness (QED) is 0.736. The van der Waals surface area contributed by atoms with E-state index in [0.29, 0.717) is 11.5 Å². The second kappa shape index (κ2) is 3.13. The van der Waals surface area contributed by atoms with Crippen molar-refractivity contribution >= 4 is 11.1 Å². The monoisotopic (exact) mass is 187 g/mol. The van der Waals surface area contributed by atoms with Crippen LogP contribution in [0.4, 0.5) is 0 Å². The number of nitriles is 1. The van der Waals surface area contributed by atoms with Crippen molar-refractivity contribution in [3.63, 3.8) is 0 Å². The van der Waals surface area contributed by atoms with Crippen LogP contribution in [0, 0.1) is 18.3 Å². The summed E-state index contributed by atoms with van der Waals surface area (Å²) in [5.74, 6) is 0.614. The summed E-state index contributed by atoms with van der Waals surface area (Å²) in [4.78, 5) is 4.15. The van der Waals surface area contributed by atoms with Crippen LogP contribution >= 0.6 is 0 Å². The molecule has 14 heavy (non-hydrogen) atoms. The molecule has 2 N–H and O–H groups in total. The molecule has 0 saturated carbocycles. The number of aryl methyl sites for hydroxylation is 1. The third kappa shape index (κ3) is 1.34. The first kappa shape index (κ1) is 8.73. The maximum absolute atomic E-state index is 8.64. The molecule has 1 atom stereocenters. The van der Waals surface area contributed by atoms with Crippen molar-refractivity contribution in [1.29, 1.82) is 5.26 Å². The van der Waals surface area contributed by atoms with Crippen LogP contribution in [0.1, 0.15) is 17.5 Å². The molecule has 2 aromatic rings. The number of benzene rings is 1. The smallest absolute Gasteiger partial charge is 0.192 e. The number of nitrogens with two attached hydrogens (primary N) is 1. The minimum atomic E-state index is -0.607. The molecule has 0 aliphatic carbocycles. The number of aromatic nitrogens is 1. The van der Waals surface area contributed by atoms with E-state index in [1.54, 1.807) is 25.1 Å². The van der Waals surface area contributed by atoms with Crippen molar-refractivity contribution in [3.8, 4) is 6.07 Å². The number of nitrogens with zero attached hydrogens (tertiary/aromatic N) is 2. The van der Waals surface area contributed by atoms with Gasteiger partial charge in [0.15, 0.2) is 11.5 Å². The molecular weight excluding hydrogens is 178 g/mol. The van der Waals surface area contributed by atoms with E-state index in [4.69, 9.17) is 15.4 Å². The largest absolute Gasteiger partial charge is 0.441 e. The maximum Gasteiger partial charge on any atom is 0.192 e. The zero-order valence-electron chi connectivity index (χ0n) is 7.69. The zero-order valence-corrected chi connectivity index (χ0v) is 7.69. The number of fused-ring (bicyclic) bond motifs is 1. The van der Waals surface area contributed by atoms with E-state index in [9.17, 15) is 0 Å². The van der Waals surface area contributed by atoms with Gasteiger partial charge in [-0.15, -0.1) is 0 Å². The molecule has 0 aliphatic rings. The van der Waals surface area contributed by atoms with Crippen molar-refractivity contribution in [2.75, 3.05) is 0 Å². The molecule has 4 nitrogen and oxygen atoms in total. The highest BCUT2D eigenvalue weighted by Gasteiger charge is 2.07. The van der Waals surface area contributed by atoms with Gasteiger partial charge >= 0.3 is 0 Å². The summed E-state index contributed by atoms with van der Waals surface area (Å²) >= 11 is 0. The summed E-state index contributed by atoms with van der Waals surface area (Å²) in [5, 5.41) is 8.64. The van der Waals surface area contributed by atoms with Crippen LogP contribution in [-0.2, 0) is 0 Å². The van der Waals surface area contributed by atoms with E-state index >= 15 is 0 Å². The van der Waals surface area contributed by atoms with Crippen molar-refractivity contribution in [1.82, 2.24) is 4.98 Å². The van der Waals surface area contributed by atoms with E-state index in [1.807, 2.05) is 6.07 Å². The third-order valence-electron chi connectivity index (χ3n) is 2.02. The first-order valence-corrected chi connectivity index (χ1v) is 4.23. The molecular formula is C10H9N3O. The first-order chi connectivity index (χ1) is 6.70. The Balaban J connectivity index is 2.57. The molecule has 0 amide bonds. The van der Waals surface area contributed by atoms with E-state index < -0.39 is 6.04 Å². The van der Waals surface area contributed by atoms with Crippen LogP contribution in [-0.4, -0.2) is 4.98 Å². The molecule has 0 saturated heterocycles. The van der Waals surface area contributed by atoms with E-state index in [2.05, 4.69) is 4.98 Å². The van der Waals surface area contributed by atoms with Crippen LogP contribution in [0.3, 0.4) is 0 Å². The second-order valence-electron chi connectivity index (χ2n) is 3.07. The SMILES string of the molecule is Cc1nc2ccc(C(N)C#N)cc2o1. The summed E-state index contributed by atoms with van der Waals surface area (Å²) < 4.78 is 5.33. The van der Waals surface area contributed by atoms with E-state index in [1.165, 1.54) is 0 Å². The lowest BCUT2D eigenvalue weighted by molar-refractivity contribution is 0.560. The van der Waals surface area contributed by atoms with Gasteiger partial charge in [0.2, 0.25) is 0 Å². The van der Waals surface area contributed by atoms with Gasteiger partial charge in [-0.1, -0.05) is 6.07 Å². The summed E-state index contributed by atoms with van der Waals surface area (Å²) in [6.45, 7) is 1.78. The Labute approximate surface area is 81.0 Å². The predicted octanol–water partition coefficient (Wildman–Crippen LogP) is 1.66. The van der Waals surface area contributed by atoms with E-state index in [0.717, 1.165) is 11.1 Å². The highest BCUT2D eigenvalue weighted by molar-refractivity contribution is 5.73. The molecule has 2 rings (SSSR count). The number of hydrogen-bond acceptors (Lipinski definition) is 4. The normalized spacial score (nSPS) is 12.6. The van der Waals surface area contributed by atoms with Crippen LogP contribution in [0.25, 0.3) is 11.1 Å². The lowest BCUT2D eigenvalue weighted by Gasteiger charge is -2.00. The molecule has 1 aromatic heterocycles. The van der Waals surface area contributed by atoms with Crippen molar-refractivity contribution in [2.45, 2.75) is 13.0 Å². The summed E-state index contributed by atoms with van der Waals surface area (Å²) in [5.41, 5.74) is 7.78. The standard InChI is InChI=1S/C10H9N3O/c1-6-13-9-3-2-7(8(12)5-11)4-10(9)14-6/h2-4,8H,12H2,1H3. The molecule has 0 radical (unpaired) electrons. The lowest BCUT2D eigenvalue weighted by atomic mass is 10.1. The Morgan fingerprint density at radius 1 is 1.57 bits per heavy atom. The third-order valence-corrected chi connectivity index (χ3v) is 2.02. The summed E-state index contributed by atoms with van der Waals surface area (Å²) in [7, 11) is 0. The van der Waals surface area contributed by atoms with Gasteiger partial charge in [-0.25, -0.2) is 4.98 Å². The average molecular weight is 187 g/mol. The molecule has 70 valence electrons. The Hall–Kier alpha value is -1.86. The maximum atomic E-state index is 8.64. The molecule has 0 fully saturated rings. The fourth-order valence-electron chi connectivity index (χ4n) is 1.32.